The predicted molar refractivity (Wildman–Crippen MR) is 196 cm³/mol. The minimum atomic E-state index is -2.18. The number of aliphatic hydroxyl groups excluding tert-OH is 2. The maximum Gasteiger partial charge on any atom is 0.331 e. The van der Waals surface area contributed by atoms with Crippen LogP contribution in [0.3, 0.4) is 0 Å². The first-order chi connectivity index (χ1) is 26.6. The summed E-state index contributed by atoms with van der Waals surface area (Å²) in [7, 11) is 0. The van der Waals surface area contributed by atoms with E-state index in [-0.39, 0.29) is 48.9 Å². The van der Waals surface area contributed by atoms with Crippen LogP contribution < -0.4 is 0 Å². The van der Waals surface area contributed by atoms with Gasteiger partial charge in [-0.2, -0.15) is 0 Å². The van der Waals surface area contributed by atoms with E-state index >= 15 is 0 Å². The van der Waals surface area contributed by atoms with Gasteiger partial charge >= 0.3 is 17.9 Å². The van der Waals surface area contributed by atoms with Gasteiger partial charge in [-0.05, 0) is 63.4 Å². The van der Waals surface area contributed by atoms with Gasteiger partial charge in [-0.1, -0.05) is 70.2 Å². The molecule has 9 aliphatic rings. The first-order valence-corrected chi connectivity index (χ1v) is 20.6. The van der Waals surface area contributed by atoms with Gasteiger partial charge < -0.3 is 54.0 Å². The Balaban J connectivity index is 1.21. The van der Waals surface area contributed by atoms with Crippen molar-refractivity contribution >= 4 is 11.9 Å². The van der Waals surface area contributed by atoms with E-state index in [4.69, 9.17) is 28.4 Å². The molecule has 0 amide bonds. The van der Waals surface area contributed by atoms with Crippen LogP contribution in [0, 0.1) is 41.4 Å². The quantitative estimate of drug-likeness (QED) is 0.217. The lowest BCUT2D eigenvalue weighted by Crippen LogP contribution is -2.89. The minimum Gasteiger partial charge on any atom is -0.458 e. The standard InChI is InChI=1S/C43H56O13/c1-6-22(2)36(46)51-28-14-10-11-15-31(45)52-30-19-18-29-40(30,49)37(47)39(21-44)34(53-39)32-35-42(50,38(5,48)20-25-16-17-27(28)23(25)3)33-24(4)41(29,32)56-43(54-33,55-35)26-12-8-7-9-13-26/h7-15,22-25,27-30,32-35,37,44,47-50H,6,16-21H2,1-5H3/b14-10-,15-11+/t22-,23+,24+,25-,27+,28-,29-,30-,32-,33-,34-,35+,37+,38-,39-,40+,41-,42-,43-/m0/s1. The van der Waals surface area contributed by atoms with Crippen molar-refractivity contribution in [2.24, 2.45) is 41.4 Å². The lowest BCUT2D eigenvalue weighted by Gasteiger charge is -2.74. The number of aliphatic hydroxyl groups is 5. The molecule has 5 N–H and O–H groups in total. The normalized spacial score (nSPS) is 54.3. The lowest BCUT2D eigenvalue weighted by molar-refractivity contribution is -0.595. The van der Waals surface area contributed by atoms with E-state index in [1.807, 2.05) is 39.0 Å². The molecule has 0 unspecified atom stereocenters. The summed E-state index contributed by atoms with van der Waals surface area (Å²) < 4.78 is 39.3. The molecule has 306 valence electrons. The number of esters is 2. The number of rotatable bonds is 5. The highest BCUT2D eigenvalue weighted by Gasteiger charge is 2.90. The van der Waals surface area contributed by atoms with E-state index in [0.717, 1.165) is 0 Å². The minimum absolute atomic E-state index is 0.0607. The van der Waals surface area contributed by atoms with Gasteiger partial charge in [0.1, 0.15) is 53.4 Å². The molecule has 5 aliphatic heterocycles. The molecule has 4 aliphatic carbocycles. The summed E-state index contributed by atoms with van der Waals surface area (Å²) >= 11 is 0. The highest BCUT2D eigenvalue weighted by atomic mass is 16.9. The zero-order valence-electron chi connectivity index (χ0n) is 32.7. The fraction of sp³-hybridized carbons (Fsp3) is 0.721. The van der Waals surface area contributed by atoms with E-state index < -0.39 is 101 Å². The average Bonchev–Trinajstić information content (AvgIpc) is 3.69. The molecule has 13 nitrogen and oxygen atoms in total. The molecule has 4 saturated carbocycles. The van der Waals surface area contributed by atoms with Gasteiger partial charge in [0.15, 0.2) is 0 Å². The van der Waals surface area contributed by atoms with Crippen LogP contribution in [0.2, 0.25) is 0 Å². The third kappa shape index (κ3) is 4.92. The largest absolute Gasteiger partial charge is 0.458 e. The number of epoxide rings is 1. The van der Waals surface area contributed by atoms with Gasteiger partial charge in [0, 0.05) is 35.3 Å². The van der Waals surface area contributed by atoms with Crippen molar-refractivity contribution in [3.05, 3.63) is 60.2 Å². The first kappa shape index (κ1) is 38.8. The molecule has 0 radical (unpaired) electrons. The third-order valence-electron chi connectivity index (χ3n) is 15.9. The van der Waals surface area contributed by atoms with E-state index in [9.17, 15) is 35.1 Å². The summed E-state index contributed by atoms with van der Waals surface area (Å²) in [5, 5.41) is 62.8. The number of carbonyl (C=O) groups is 2. The van der Waals surface area contributed by atoms with Crippen molar-refractivity contribution < 1.29 is 63.5 Å². The summed E-state index contributed by atoms with van der Waals surface area (Å²) in [6, 6.07) is 9.03. The molecule has 13 heteroatoms. The Bertz CT molecular complexity index is 1800. The van der Waals surface area contributed by atoms with E-state index in [1.54, 1.807) is 31.2 Å². The second kappa shape index (κ2) is 12.9. The van der Waals surface area contributed by atoms with Gasteiger partial charge in [-0.15, -0.1) is 0 Å². The van der Waals surface area contributed by atoms with Crippen molar-refractivity contribution in [1.29, 1.82) is 0 Å². The SMILES string of the molecule is CC[C@H](C)C(=O)O[C@H]1/C=C\C=C\C(=O)O[C@H]2CC[C@H]3[C@]2(O)[C@H](O)[C@@]2(CO)O[C@H]2[C@H]2[C@H]4O[C@]5(c6ccccc6)O[C@@H]([C@@H](C)[C@@]23O5)[C@@]4(O)[C@@](C)(O)C[C@@H]2CC[C@@H]1[C@@H]2C. The Morgan fingerprint density at radius 3 is 2.43 bits per heavy atom. The lowest BCUT2D eigenvalue weighted by atomic mass is 9.49. The number of carbonyl (C=O) groups excluding carboxylic acids is 2. The number of ether oxygens (including phenoxy) is 6. The second-order valence-corrected chi connectivity index (χ2v) is 18.4. The molecule has 56 heavy (non-hydrogen) atoms. The van der Waals surface area contributed by atoms with Crippen LogP contribution in [0.5, 0.6) is 0 Å². The van der Waals surface area contributed by atoms with Crippen molar-refractivity contribution in [3.8, 4) is 0 Å². The fourth-order valence-corrected chi connectivity index (χ4v) is 12.6. The molecule has 19 atom stereocenters. The third-order valence-corrected chi connectivity index (χ3v) is 15.9. The molecular formula is C43H56O13. The summed E-state index contributed by atoms with van der Waals surface area (Å²) in [6.45, 7) is 8.61. The number of hydrogen-bond donors (Lipinski definition) is 5. The van der Waals surface area contributed by atoms with Crippen LogP contribution in [0.1, 0.15) is 78.7 Å². The molecular weight excluding hydrogens is 724 g/mol. The molecule has 10 bridgehead atoms. The zero-order valence-corrected chi connectivity index (χ0v) is 32.7. The Kier molecular flexibility index (Phi) is 8.93. The van der Waals surface area contributed by atoms with Crippen LogP contribution in [0.25, 0.3) is 0 Å². The molecule has 1 spiro atoms. The maximum absolute atomic E-state index is 13.5. The molecule has 1 aromatic carbocycles. The summed E-state index contributed by atoms with van der Waals surface area (Å²) in [5.41, 5.74) is -8.74. The zero-order chi connectivity index (χ0) is 39.8. The number of hydrogen-bond acceptors (Lipinski definition) is 13. The van der Waals surface area contributed by atoms with Crippen molar-refractivity contribution in [2.45, 2.75) is 144 Å². The molecule has 0 aromatic heterocycles. The van der Waals surface area contributed by atoms with Crippen molar-refractivity contribution in [3.63, 3.8) is 0 Å². The molecule has 8 fully saturated rings. The summed E-state index contributed by atoms with van der Waals surface area (Å²) in [6.07, 6.45) is 1.75. The van der Waals surface area contributed by atoms with Gasteiger partial charge in [0.2, 0.25) is 0 Å². The molecule has 5 heterocycles. The van der Waals surface area contributed by atoms with Crippen LogP contribution >= 0.6 is 0 Å². The van der Waals surface area contributed by atoms with E-state index in [1.165, 1.54) is 12.2 Å². The Labute approximate surface area is 326 Å². The predicted octanol–water partition coefficient (Wildman–Crippen LogP) is 2.79. The van der Waals surface area contributed by atoms with Gasteiger partial charge in [0.05, 0.1) is 23.7 Å². The van der Waals surface area contributed by atoms with E-state index in [2.05, 4.69) is 6.92 Å². The van der Waals surface area contributed by atoms with Gasteiger partial charge in [-0.3, -0.25) is 4.79 Å². The van der Waals surface area contributed by atoms with Crippen LogP contribution in [-0.2, 0) is 44.0 Å². The van der Waals surface area contributed by atoms with Gasteiger partial charge in [-0.25, -0.2) is 4.79 Å². The van der Waals surface area contributed by atoms with Gasteiger partial charge in [0.25, 0.3) is 0 Å². The summed E-state index contributed by atoms with van der Waals surface area (Å²) in [4.78, 5) is 26.7. The number of benzene rings is 1. The second-order valence-electron chi connectivity index (χ2n) is 18.4. The number of allylic oxidation sites excluding steroid dienone is 2. The topological polar surface area (TPSA) is 194 Å². The monoisotopic (exact) mass is 780 g/mol. The molecule has 1 aromatic rings. The number of fused-ring (bicyclic) bond motifs is 3. The smallest absolute Gasteiger partial charge is 0.331 e. The molecule has 10 rings (SSSR count). The molecule has 4 saturated heterocycles. The Morgan fingerprint density at radius 2 is 1.71 bits per heavy atom. The van der Waals surface area contributed by atoms with Crippen molar-refractivity contribution in [2.75, 3.05) is 6.61 Å². The van der Waals surface area contributed by atoms with Crippen LogP contribution in [0.4, 0.5) is 0 Å². The Morgan fingerprint density at radius 1 is 0.982 bits per heavy atom. The van der Waals surface area contributed by atoms with Crippen molar-refractivity contribution in [1.82, 2.24) is 0 Å². The van der Waals surface area contributed by atoms with E-state index in [0.29, 0.717) is 24.8 Å². The first-order valence-electron chi connectivity index (χ1n) is 20.6. The van der Waals surface area contributed by atoms with Crippen LogP contribution in [-0.4, -0.2) is 109 Å². The average molecular weight is 781 g/mol. The fourth-order valence-electron chi connectivity index (χ4n) is 12.6. The maximum atomic E-state index is 13.5. The highest BCUT2D eigenvalue weighted by molar-refractivity contribution is 5.82. The van der Waals surface area contributed by atoms with Crippen LogP contribution in [0.15, 0.2) is 54.6 Å². The highest BCUT2D eigenvalue weighted by Crippen LogP contribution is 2.74. The Hall–Kier alpha value is -2.72. The summed E-state index contributed by atoms with van der Waals surface area (Å²) in [5.74, 6) is -6.15.